The summed E-state index contributed by atoms with van der Waals surface area (Å²) < 4.78 is 17.5. The third-order valence-corrected chi connectivity index (χ3v) is 7.06. The summed E-state index contributed by atoms with van der Waals surface area (Å²) in [7, 11) is 1.62. The first-order valence-electron chi connectivity index (χ1n) is 12.9. The van der Waals surface area contributed by atoms with Gasteiger partial charge in [-0.2, -0.15) is 0 Å². The van der Waals surface area contributed by atoms with Crippen LogP contribution in [0.3, 0.4) is 0 Å². The Labute approximate surface area is 229 Å². The normalized spacial score (nSPS) is 13.7. The zero-order valence-electron chi connectivity index (χ0n) is 21.7. The molecule has 8 heteroatoms. The lowest BCUT2D eigenvalue weighted by Crippen LogP contribution is -2.28. The molecule has 40 heavy (non-hydrogen) atoms. The third-order valence-electron chi connectivity index (χ3n) is 7.06. The minimum Gasteiger partial charge on any atom is -0.507 e. The molecule has 0 radical (unpaired) electrons. The van der Waals surface area contributed by atoms with Crippen LogP contribution in [0.25, 0.3) is 22.3 Å². The average molecular weight is 535 g/mol. The third kappa shape index (κ3) is 4.75. The predicted molar refractivity (Wildman–Crippen MR) is 150 cm³/mol. The second-order valence-electron chi connectivity index (χ2n) is 9.56. The van der Waals surface area contributed by atoms with E-state index in [1.165, 1.54) is 12.1 Å². The zero-order chi connectivity index (χ0) is 27.6. The molecular weight excluding hydrogens is 508 g/mol. The molecule has 0 fully saturated rings. The van der Waals surface area contributed by atoms with E-state index in [9.17, 15) is 14.7 Å². The summed E-state index contributed by atoms with van der Waals surface area (Å²) in [6, 6.07) is 23.3. The molecule has 200 valence electrons. The highest BCUT2D eigenvalue weighted by Crippen LogP contribution is 2.49. The number of ether oxygens (including phenoxy) is 2. The van der Waals surface area contributed by atoms with Gasteiger partial charge in [-0.1, -0.05) is 48.5 Å². The number of nitrogens with one attached hydrogen (secondary N) is 1. The van der Waals surface area contributed by atoms with Crippen molar-refractivity contribution in [3.8, 4) is 34.5 Å². The molecule has 2 N–H and O–H groups in total. The number of hydrogen-bond acceptors (Lipinski definition) is 7. The second kappa shape index (κ2) is 10.6. The van der Waals surface area contributed by atoms with E-state index in [1.807, 2.05) is 60.7 Å². The highest BCUT2D eigenvalue weighted by Gasteiger charge is 2.34. The van der Waals surface area contributed by atoms with Crippen LogP contribution in [0.15, 0.2) is 94.3 Å². The number of aromatic hydroxyl groups is 1. The molecule has 1 aliphatic heterocycles. The van der Waals surface area contributed by atoms with Gasteiger partial charge in [0.1, 0.15) is 34.0 Å². The Morgan fingerprint density at radius 2 is 1.85 bits per heavy atom. The fraction of sp³-hybridized carbons (Fsp3) is 0.156. The number of aromatic nitrogens is 1. The van der Waals surface area contributed by atoms with Gasteiger partial charge < -0.3 is 24.3 Å². The van der Waals surface area contributed by atoms with E-state index in [-0.39, 0.29) is 34.5 Å². The van der Waals surface area contributed by atoms with Crippen LogP contribution in [0.4, 0.5) is 0 Å². The standard InChI is InChI=1S/C32H26N2O6/c1-38-21-11-9-19(10-12-21)13-15-33-28(37)16-23-22-8-5-14-34-32(22)40-27-18-25(36)30-24(35)17-26(39-31(30)29(23)27)20-6-3-2-4-7-20/h2-12,14,17-18,23,36H,13,15-16H2,1H3,(H,33,37)/t23-/m1/s1. The van der Waals surface area contributed by atoms with Crippen molar-refractivity contribution in [1.29, 1.82) is 0 Å². The molecular formula is C32H26N2O6. The van der Waals surface area contributed by atoms with E-state index >= 15 is 0 Å². The second-order valence-corrected chi connectivity index (χ2v) is 9.56. The zero-order valence-corrected chi connectivity index (χ0v) is 21.7. The minimum atomic E-state index is -0.522. The van der Waals surface area contributed by atoms with Gasteiger partial charge in [0.15, 0.2) is 5.43 Å². The van der Waals surface area contributed by atoms with Crippen LogP contribution >= 0.6 is 0 Å². The van der Waals surface area contributed by atoms with Gasteiger partial charge in [-0.25, -0.2) is 4.98 Å². The number of pyridine rings is 1. The van der Waals surface area contributed by atoms with Crippen LogP contribution in [0.2, 0.25) is 0 Å². The Balaban J connectivity index is 1.36. The van der Waals surface area contributed by atoms with Gasteiger partial charge in [0, 0.05) is 53.9 Å². The van der Waals surface area contributed by atoms with Gasteiger partial charge in [0.25, 0.3) is 0 Å². The van der Waals surface area contributed by atoms with E-state index in [4.69, 9.17) is 13.9 Å². The molecule has 1 aliphatic rings. The largest absolute Gasteiger partial charge is 0.507 e. The Hall–Kier alpha value is -5.11. The van der Waals surface area contributed by atoms with Crippen LogP contribution in [0, 0.1) is 0 Å². The van der Waals surface area contributed by atoms with Crippen LogP contribution in [0.1, 0.15) is 29.0 Å². The van der Waals surface area contributed by atoms with Gasteiger partial charge in [0.05, 0.1) is 7.11 Å². The monoisotopic (exact) mass is 534 g/mol. The smallest absolute Gasteiger partial charge is 0.223 e. The SMILES string of the molecule is COc1ccc(CCNC(=O)C[C@@H]2c3cccnc3Oc3cc(O)c4c(=O)cc(-c5ccccc5)oc4c32)cc1. The average Bonchev–Trinajstić information content (AvgIpc) is 2.97. The van der Waals surface area contributed by atoms with Gasteiger partial charge >= 0.3 is 0 Å². The van der Waals surface area contributed by atoms with Crippen molar-refractivity contribution in [1.82, 2.24) is 10.3 Å². The van der Waals surface area contributed by atoms with Crippen molar-refractivity contribution in [2.45, 2.75) is 18.8 Å². The van der Waals surface area contributed by atoms with Gasteiger partial charge in [0.2, 0.25) is 11.8 Å². The Kier molecular flexibility index (Phi) is 6.66. The first-order valence-corrected chi connectivity index (χ1v) is 12.9. The molecule has 0 aliphatic carbocycles. The molecule has 0 saturated heterocycles. The Morgan fingerprint density at radius 3 is 2.62 bits per heavy atom. The van der Waals surface area contributed by atoms with Crippen LogP contribution in [0.5, 0.6) is 23.1 Å². The number of benzene rings is 3. The van der Waals surface area contributed by atoms with Gasteiger partial charge in [-0.05, 0) is 30.2 Å². The highest BCUT2D eigenvalue weighted by atomic mass is 16.5. The molecule has 1 atom stereocenters. The van der Waals surface area contributed by atoms with E-state index in [0.29, 0.717) is 47.0 Å². The van der Waals surface area contributed by atoms with Crippen molar-refractivity contribution in [2.75, 3.05) is 13.7 Å². The number of fused-ring (bicyclic) bond motifs is 4. The van der Waals surface area contributed by atoms with E-state index in [1.54, 1.807) is 19.4 Å². The maximum atomic E-state index is 13.2. The molecule has 2 aromatic heterocycles. The number of carbonyl (C=O) groups excluding carboxylic acids is 1. The summed E-state index contributed by atoms with van der Waals surface area (Å²) in [6.45, 7) is 0.449. The summed E-state index contributed by atoms with van der Waals surface area (Å²) in [4.78, 5) is 30.8. The minimum absolute atomic E-state index is 0.0410. The molecule has 3 heterocycles. The number of amides is 1. The van der Waals surface area contributed by atoms with Crippen molar-refractivity contribution in [3.63, 3.8) is 0 Å². The number of methoxy groups -OCH3 is 1. The maximum Gasteiger partial charge on any atom is 0.223 e. The molecule has 0 bridgehead atoms. The summed E-state index contributed by atoms with van der Waals surface area (Å²) >= 11 is 0. The number of phenols is 1. The number of rotatable bonds is 7. The topological polar surface area (TPSA) is 111 Å². The maximum absolute atomic E-state index is 13.2. The van der Waals surface area contributed by atoms with Crippen molar-refractivity contribution in [3.05, 3.63) is 112 Å². The summed E-state index contributed by atoms with van der Waals surface area (Å²) in [5.74, 6) is 0.801. The van der Waals surface area contributed by atoms with E-state index in [2.05, 4.69) is 10.3 Å². The highest BCUT2D eigenvalue weighted by molar-refractivity contribution is 5.91. The van der Waals surface area contributed by atoms with Gasteiger partial charge in [-0.15, -0.1) is 0 Å². The molecule has 5 aromatic rings. The Bertz CT molecular complexity index is 1760. The fourth-order valence-electron chi connectivity index (χ4n) is 5.09. The molecule has 6 rings (SSSR count). The van der Waals surface area contributed by atoms with Crippen molar-refractivity contribution >= 4 is 16.9 Å². The van der Waals surface area contributed by atoms with Crippen LogP contribution in [-0.2, 0) is 11.2 Å². The van der Waals surface area contributed by atoms with Crippen LogP contribution in [-0.4, -0.2) is 29.7 Å². The lowest BCUT2D eigenvalue weighted by molar-refractivity contribution is -0.121. The first kappa shape index (κ1) is 25.2. The Morgan fingerprint density at radius 1 is 1.05 bits per heavy atom. The van der Waals surface area contributed by atoms with Gasteiger partial charge in [-0.3, -0.25) is 9.59 Å². The van der Waals surface area contributed by atoms with E-state index in [0.717, 1.165) is 11.3 Å². The lowest BCUT2D eigenvalue weighted by atomic mass is 9.85. The van der Waals surface area contributed by atoms with Crippen molar-refractivity contribution in [2.24, 2.45) is 0 Å². The number of phenolic OH excluding ortho intramolecular Hbond substituents is 1. The fourth-order valence-corrected chi connectivity index (χ4v) is 5.09. The number of carbonyl (C=O) groups is 1. The molecule has 8 nitrogen and oxygen atoms in total. The van der Waals surface area contributed by atoms with E-state index < -0.39 is 5.92 Å². The summed E-state index contributed by atoms with van der Waals surface area (Å²) in [6.07, 6.45) is 2.32. The van der Waals surface area contributed by atoms with Crippen molar-refractivity contribution < 1.29 is 23.8 Å². The molecule has 1 amide bonds. The quantitative estimate of drug-likeness (QED) is 0.281. The molecule has 3 aromatic carbocycles. The number of hydrogen-bond donors (Lipinski definition) is 2. The molecule has 0 unspecified atom stereocenters. The van der Waals surface area contributed by atoms with Crippen LogP contribution < -0.4 is 20.2 Å². The predicted octanol–water partition coefficient (Wildman–Crippen LogP) is 5.56. The summed E-state index contributed by atoms with van der Waals surface area (Å²) in [5, 5.41) is 13.8. The number of nitrogens with zero attached hydrogens (tertiary/aromatic N) is 1. The lowest BCUT2D eigenvalue weighted by Gasteiger charge is -2.28. The summed E-state index contributed by atoms with van der Waals surface area (Å²) in [5.41, 5.74) is 2.80. The molecule has 0 saturated carbocycles. The first-order chi connectivity index (χ1) is 19.5. The molecule has 0 spiro atoms.